The van der Waals surface area contributed by atoms with Crippen molar-refractivity contribution in [3.8, 4) is 11.5 Å². The van der Waals surface area contributed by atoms with Crippen LogP contribution in [0.15, 0.2) is 18.2 Å². The number of nitrogens with one attached hydrogen (secondary N) is 1. The first-order chi connectivity index (χ1) is 14.0. The van der Waals surface area contributed by atoms with Gasteiger partial charge in [-0.25, -0.2) is 9.18 Å². The van der Waals surface area contributed by atoms with Crippen molar-refractivity contribution >= 4 is 14.2 Å². The SMILES string of the molecule is C[C@@H](NC(=O)OC(C)(C)C)c1cccc(C(F)(F)C(O)(C#C[Si](C)(C)C)C2CC2)c1F. The Morgan fingerprint density at radius 1 is 1.26 bits per heavy atom. The normalized spacial score (nSPS) is 17.8. The molecule has 0 bridgehead atoms. The van der Waals surface area contributed by atoms with Gasteiger partial charge in [-0.3, -0.25) is 0 Å². The molecule has 4 nitrogen and oxygen atoms in total. The predicted molar refractivity (Wildman–Crippen MR) is 117 cm³/mol. The Morgan fingerprint density at radius 2 is 1.84 bits per heavy atom. The van der Waals surface area contributed by atoms with E-state index in [4.69, 9.17) is 4.74 Å². The van der Waals surface area contributed by atoms with E-state index in [0.717, 1.165) is 6.07 Å². The third-order valence-electron chi connectivity index (χ3n) is 4.84. The summed E-state index contributed by atoms with van der Waals surface area (Å²) in [5, 5.41) is 13.4. The maximum Gasteiger partial charge on any atom is 0.408 e. The van der Waals surface area contributed by atoms with Gasteiger partial charge in [-0.2, -0.15) is 8.78 Å². The zero-order chi connectivity index (χ0) is 23.8. The van der Waals surface area contributed by atoms with Crippen LogP contribution in [0.5, 0.6) is 0 Å². The number of amides is 1. The molecule has 0 aliphatic heterocycles. The molecule has 1 aromatic rings. The fourth-order valence-corrected chi connectivity index (χ4v) is 3.68. The molecule has 1 aliphatic carbocycles. The van der Waals surface area contributed by atoms with Crippen LogP contribution in [-0.4, -0.2) is 30.5 Å². The number of ether oxygens (including phenoxy) is 1. The minimum atomic E-state index is -3.92. The van der Waals surface area contributed by atoms with Crippen molar-refractivity contribution in [2.45, 2.75) is 83.3 Å². The summed E-state index contributed by atoms with van der Waals surface area (Å²) in [6, 6.07) is 2.64. The molecule has 0 aromatic heterocycles. The van der Waals surface area contributed by atoms with Gasteiger partial charge in [0.2, 0.25) is 0 Å². The number of benzene rings is 1. The van der Waals surface area contributed by atoms with Crippen LogP contribution in [0.1, 0.15) is 57.7 Å². The van der Waals surface area contributed by atoms with Crippen molar-refractivity contribution in [1.29, 1.82) is 0 Å². The fourth-order valence-electron chi connectivity index (χ4n) is 3.11. The second-order valence-electron chi connectivity index (χ2n) is 10.2. The molecule has 31 heavy (non-hydrogen) atoms. The molecule has 0 heterocycles. The van der Waals surface area contributed by atoms with Gasteiger partial charge in [0.1, 0.15) is 19.5 Å². The zero-order valence-corrected chi connectivity index (χ0v) is 20.2. The lowest BCUT2D eigenvalue weighted by molar-refractivity contribution is -0.168. The van der Waals surface area contributed by atoms with Gasteiger partial charge in [0.15, 0.2) is 5.60 Å². The molecule has 0 spiro atoms. The van der Waals surface area contributed by atoms with Crippen LogP contribution >= 0.6 is 0 Å². The van der Waals surface area contributed by atoms with Crippen molar-refractivity contribution in [2.24, 2.45) is 5.92 Å². The van der Waals surface area contributed by atoms with Gasteiger partial charge >= 0.3 is 12.0 Å². The Labute approximate surface area is 183 Å². The van der Waals surface area contributed by atoms with Crippen molar-refractivity contribution in [3.63, 3.8) is 0 Å². The van der Waals surface area contributed by atoms with E-state index < -0.39 is 54.6 Å². The van der Waals surface area contributed by atoms with Crippen LogP contribution in [0.4, 0.5) is 18.0 Å². The molecule has 1 unspecified atom stereocenters. The number of carbonyl (C=O) groups is 1. The third kappa shape index (κ3) is 6.04. The van der Waals surface area contributed by atoms with Gasteiger partial charge in [-0.05, 0) is 46.6 Å². The molecule has 1 fully saturated rings. The Morgan fingerprint density at radius 3 is 2.32 bits per heavy atom. The molecule has 8 heteroatoms. The number of rotatable bonds is 5. The second-order valence-corrected chi connectivity index (χ2v) is 14.9. The molecule has 1 aromatic carbocycles. The van der Waals surface area contributed by atoms with E-state index in [1.807, 2.05) is 19.6 Å². The van der Waals surface area contributed by atoms with Crippen LogP contribution in [-0.2, 0) is 10.7 Å². The van der Waals surface area contributed by atoms with E-state index in [1.165, 1.54) is 19.1 Å². The highest BCUT2D eigenvalue weighted by molar-refractivity contribution is 6.83. The molecule has 0 saturated heterocycles. The molecule has 0 radical (unpaired) electrons. The van der Waals surface area contributed by atoms with E-state index in [1.54, 1.807) is 20.8 Å². The zero-order valence-electron chi connectivity index (χ0n) is 19.2. The van der Waals surface area contributed by atoms with Gasteiger partial charge in [-0.1, -0.05) is 37.7 Å². The smallest absolute Gasteiger partial charge is 0.408 e. The Balaban J connectivity index is 2.42. The van der Waals surface area contributed by atoms with E-state index in [2.05, 4.69) is 16.8 Å². The molecule has 2 N–H and O–H groups in total. The van der Waals surface area contributed by atoms with Gasteiger partial charge in [-0.15, -0.1) is 5.54 Å². The van der Waals surface area contributed by atoms with Crippen LogP contribution in [0.2, 0.25) is 19.6 Å². The molecule has 172 valence electrons. The van der Waals surface area contributed by atoms with E-state index in [9.17, 15) is 9.90 Å². The van der Waals surface area contributed by atoms with E-state index in [0.29, 0.717) is 12.8 Å². The van der Waals surface area contributed by atoms with Crippen molar-refractivity contribution in [2.75, 3.05) is 0 Å². The van der Waals surface area contributed by atoms with Gasteiger partial charge < -0.3 is 15.2 Å². The molecule has 2 atom stereocenters. The average Bonchev–Trinajstić information content (AvgIpc) is 3.42. The molecule has 1 amide bonds. The lowest BCUT2D eigenvalue weighted by atomic mass is 9.85. The first kappa shape index (κ1) is 25.3. The maximum atomic E-state index is 15.6. The lowest BCUT2D eigenvalue weighted by Crippen LogP contribution is -2.48. The number of hydrogen-bond donors (Lipinski definition) is 2. The third-order valence-corrected chi connectivity index (χ3v) is 5.72. The summed E-state index contributed by atoms with van der Waals surface area (Å²) in [6.45, 7) is 12.2. The summed E-state index contributed by atoms with van der Waals surface area (Å²) in [6.07, 6.45) is 0.0291. The topological polar surface area (TPSA) is 58.6 Å². The first-order valence-corrected chi connectivity index (χ1v) is 13.9. The number of hydrogen-bond acceptors (Lipinski definition) is 3. The van der Waals surface area contributed by atoms with Gasteiger partial charge in [0.25, 0.3) is 0 Å². The highest BCUT2D eigenvalue weighted by atomic mass is 28.3. The largest absolute Gasteiger partial charge is 0.444 e. The molecule has 1 saturated carbocycles. The summed E-state index contributed by atoms with van der Waals surface area (Å²) >= 11 is 0. The highest BCUT2D eigenvalue weighted by Gasteiger charge is 2.62. The van der Waals surface area contributed by atoms with Crippen LogP contribution in [0.25, 0.3) is 0 Å². The highest BCUT2D eigenvalue weighted by Crippen LogP contribution is 2.52. The molecular weight excluding hydrogens is 423 g/mol. The van der Waals surface area contributed by atoms with Crippen molar-refractivity contribution < 1.29 is 27.8 Å². The van der Waals surface area contributed by atoms with E-state index in [-0.39, 0.29) is 5.56 Å². The van der Waals surface area contributed by atoms with Crippen LogP contribution < -0.4 is 5.32 Å². The molecule has 2 rings (SSSR count). The predicted octanol–water partition coefficient (Wildman–Crippen LogP) is 5.53. The Kier molecular flexibility index (Phi) is 6.94. The van der Waals surface area contributed by atoms with E-state index >= 15 is 13.2 Å². The summed E-state index contributed by atoms with van der Waals surface area (Å²) in [5.41, 5.74) is -1.63. The monoisotopic (exact) mass is 455 g/mol. The van der Waals surface area contributed by atoms with Gasteiger partial charge in [0.05, 0.1) is 11.6 Å². The quantitative estimate of drug-likeness (QED) is 0.454. The van der Waals surface area contributed by atoms with Crippen LogP contribution in [0.3, 0.4) is 0 Å². The summed E-state index contributed by atoms with van der Waals surface area (Å²) in [7, 11) is -2.05. The summed E-state index contributed by atoms with van der Waals surface area (Å²) < 4.78 is 51.6. The first-order valence-electron chi connectivity index (χ1n) is 10.4. The van der Waals surface area contributed by atoms with Gasteiger partial charge in [0, 0.05) is 11.5 Å². The number of halogens is 3. The standard InChI is InChI=1S/C23H32F3NO3Si/c1-15(27-20(28)30-21(2,3)4)17-9-8-10-18(19(17)24)23(25,26)22(29,16-11-12-16)13-14-31(5,6)7/h8-10,15-16,29H,11-12H2,1-7H3,(H,27,28)/t15-,22?/m1/s1. The van der Waals surface area contributed by atoms with Crippen LogP contribution in [0, 0.1) is 23.2 Å². The second kappa shape index (κ2) is 8.51. The fraction of sp³-hybridized carbons (Fsp3) is 0.609. The van der Waals surface area contributed by atoms with Crippen molar-refractivity contribution in [1.82, 2.24) is 5.32 Å². The molecule has 1 aliphatic rings. The number of carbonyl (C=O) groups excluding carboxylic acids is 1. The Bertz CT molecular complexity index is 892. The number of alkyl carbamates (subject to hydrolysis) is 1. The summed E-state index contributed by atoms with van der Waals surface area (Å²) in [5.74, 6) is -3.38. The number of aliphatic hydroxyl groups is 1. The average molecular weight is 456 g/mol. The number of alkyl halides is 2. The molecular formula is C23H32F3NO3Si. The minimum absolute atomic E-state index is 0.126. The Hall–Kier alpha value is -1.98. The van der Waals surface area contributed by atoms with Crippen molar-refractivity contribution in [3.05, 3.63) is 35.1 Å². The minimum Gasteiger partial charge on any atom is -0.444 e. The maximum absolute atomic E-state index is 15.6. The summed E-state index contributed by atoms with van der Waals surface area (Å²) in [4.78, 5) is 12.0. The lowest BCUT2D eigenvalue weighted by Gasteiger charge is -2.33.